The van der Waals surface area contributed by atoms with Gasteiger partial charge in [-0.1, -0.05) is 58.7 Å². The molecule has 1 saturated heterocycles. The van der Waals surface area contributed by atoms with Crippen LogP contribution in [0.25, 0.3) is 0 Å². The lowest BCUT2D eigenvalue weighted by atomic mass is 10.2. The van der Waals surface area contributed by atoms with Crippen molar-refractivity contribution in [1.82, 2.24) is 9.55 Å². The van der Waals surface area contributed by atoms with Crippen LogP contribution < -0.4 is 0 Å². The summed E-state index contributed by atoms with van der Waals surface area (Å²) in [5.41, 5.74) is 1.09. The maximum atomic E-state index is 3.99. The van der Waals surface area contributed by atoms with Crippen molar-refractivity contribution in [2.75, 3.05) is 0 Å². The summed E-state index contributed by atoms with van der Waals surface area (Å²) >= 11 is 0. The minimum atomic E-state index is -0.694. The predicted octanol–water partition coefficient (Wildman–Crippen LogP) is 5.51. The number of nitrogens with zero attached hydrogens (tertiary/aromatic N) is 2. The molecule has 2 unspecified atom stereocenters. The van der Waals surface area contributed by atoms with Gasteiger partial charge < -0.3 is 4.57 Å². The van der Waals surface area contributed by atoms with Crippen LogP contribution in [0.2, 0.25) is 24.7 Å². The molecule has 0 aromatic carbocycles. The molecule has 0 bridgehead atoms. The lowest BCUT2D eigenvalue weighted by Crippen LogP contribution is -2.33. The highest BCUT2D eigenvalue weighted by molar-refractivity contribution is 6.78. The first-order valence-electron chi connectivity index (χ1n) is 7.94. The standard InChI is InChI=1S/C8H14N2.C8H18Si/c1-3-4-8(2)10-6-5-9-7-10;1-8-6-4-5-7-9(8,2)3/h5-8H,3-4H2,1-2H3;8H,4-7H2,1-3H3. The van der Waals surface area contributed by atoms with Crippen LogP contribution in [0.4, 0.5) is 0 Å². The van der Waals surface area contributed by atoms with E-state index in [1.807, 2.05) is 18.7 Å². The highest BCUT2D eigenvalue weighted by atomic mass is 28.3. The molecule has 0 spiro atoms. The zero-order valence-electron chi connectivity index (χ0n) is 13.5. The van der Waals surface area contributed by atoms with Crippen LogP contribution in [-0.4, -0.2) is 17.6 Å². The summed E-state index contributed by atoms with van der Waals surface area (Å²) in [7, 11) is -0.694. The Kier molecular flexibility index (Phi) is 6.84. The van der Waals surface area contributed by atoms with Crippen LogP contribution in [0.15, 0.2) is 18.7 Å². The van der Waals surface area contributed by atoms with Crippen molar-refractivity contribution in [2.45, 2.75) is 83.6 Å². The fraction of sp³-hybridized carbons (Fsp3) is 0.812. The zero-order chi connectivity index (χ0) is 14.3. The highest BCUT2D eigenvalue weighted by Crippen LogP contribution is 2.36. The van der Waals surface area contributed by atoms with E-state index in [-0.39, 0.29) is 0 Å². The zero-order valence-corrected chi connectivity index (χ0v) is 14.5. The first-order valence-corrected chi connectivity index (χ1v) is 11.2. The summed E-state index contributed by atoms with van der Waals surface area (Å²) < 4.78 is 2.14. The van der Waals surface area contributed by atoms with E-state index < -0.39 is 8.07 Å². The van der Waals surface area contributed by atoms with Gasteiger partial charge in [0.1, 0.15) is 0 Å². The third-order valence-corrected chi connectivity index (χ3v) is 9.38. The number of imidazole rings is 1. The third-order valence-electron chi connectivity index (χ3n) is 4.78. The van der Waals surface area contributed by atoms with E-state index in [1.165, 1.54) is 32.1 Å². The average Bonchev–Trinajstić information content (AvgIpc) is 2.88. The van der Waals surface area contributed by atoms with E-state index in [1.54, 1.807) is 6.04 Å². The SMILES string of the molecule is CC1CCCC[Si]1(C)C.CCCC(C)n1ccnc1. The van der Waals surface area contributed by atoms with Crippen LogP contribution in [0.1, 0.15) is 58.9 Å². The second-order valence-corrected chi connectivity index (χ2v) is 12.2. The smallest absolute Gasteiger partial charge is 0.0948 e. The fourth-order valence-corrected chi connectivity index (χ4v) is 5.40. The molecule has 0 aliphatic carbocycles. The van der Waals surface area contributed by atoms with Crippen LogP contribution in [0.5, 0.6) is 0 Å². The normalized spacial score (nSPS) is 23.3. The molecule has 1 aromatic heterocycles. The lowest BCUT2D eigenvalue weighted by molar-refractivity contribution is 0.500. The van der Waals surface area contributed by atoms with Gasteiger partial charge in [0.05, 0.1) is 14.4 Å². The molecule has 110 valence electrons. The summed E-state index contributed by atoms with van der Waals surface area (Å²) in [6.07, 6.45) is 12.7. The van der Waals surface area contributed by atoms with Gasteiger partial charge in [-0.15, -0.1) is 0 Å². The predicted molar refractivity (Wildman–Crippen MR) is 87.4 cm³/mol. The third kappa shape index (κ3) is 5.51. The van der Waals surface area contributed by atoms with Crippen LogP contribution >= 0.6 is 0 Å². The van der Waals surface area contributed by atoms with Gasteiger partial charge in [0.25, 0.3) is 0 Å². The van der Waals surface area contributed by atoms with E-state index in [4.69, 9.17) is 0 Å². The Morgan fingerprint density at radius 3 is 2.53 bits per heavy atom. The first-order chi connectivity index (χ1) is 8.97. The van der Waals surface area contributed by atoms with Gasteiger partial charge in [0.15, 0.2) is 0 Å². The molecule has 2 heterocycles. The molecule has 19 heavy (non-hydrogen) atoms. The summed E-state index contributed by atoms with van der Waals surface area (Å²) in [4.78, 5) is 3.99. The first kappa shape index (κ1) is 16.5. The van der Waals surface area contributed by atoms with Crippen LogP contribution in [-0.2, 0) is 0 Å². The molecule has 1 fully saturated rings. The Morgan fingerprint density at radius 2 is 2.11 bits per heavy atom. The molecule has 2 rings (SSSR count). The molecular weight excluding hydrogens is 248 g/mol. The van der Waals surface area contributed by atoms with Gasteiger partial charge in [0, 0.05) is 18.4 Å². The molecular formula is C16H32N2Si. The highest BCUT2D eigenvalue weighted by Gasteiger charge is 2.30. The maximum Gasteiger partial charge on any atom is 0.0948 e. The largest absolute Gasteiger partial charge is 0.335 e. The van der Waals surface area contributed by atoms with E-state index in [0.29, 0.717) is 6.04 Å². The summed E-state index contributed by atoms with van der Waals surface area (Å²) in [5, 5.41) is 0. The number of rotatable bonds is 3. The second-order valence-electron chi connectivity index (χ2n) is 6.78. The van der Waals surface area contributed by atoms with Gasteiger partial charge >= 0.3 is 0 Å². The Morgan fingerprint density at radius 1 is 1.37 bits per heavy atom. The molecule has 1 aliphatic rings. The van der Waals surface area contributed by atoms with Gasteiger partial charge in [0.2, 0.25) is 0 Å². The van der Waals surface area contributed by atoms with Crippen molar-refractivity contribution in [3.63, 3.8) is 0 Å². The quantitative estimate of drug-likeness (QED) is 0.667. The molecule has 2 atom stereocenters. The summed E-state index contributed by atoms with van der Waals surface area (Å²) in [5.74, 6) is 0. The fourth-order valence-electron chi connectivity index (χ4n) is 2.77. The van der Waals surface area contributed by atoms with Crippen LogP contribution in [0.3, 0.4) is 0 Å². The average molecular weight is 281 g/mol. The van der Waals surface area contributed by atoms with E-state index in [0.717, 1.165) is 5.54 Å². The minimum absolute atomic E-state index is 0.604. The Bertz CT molecular complexity index is 333. The molecule has 2 nitrogen and oxygen atoms in total. The Hall–Kier alpha value is -0.573. The lowest BCUT2D eigenvalue weighted by Gasteiger charge is -2.34. The molecule has 0 radical (unpaired) electrons. The van der Waals surface area contributed by atoms with Crippen molar-refractivity contribution >= 4 is 8.07 Å². The molecule has 0 amide bonds. The topological polar surface area (TPSA) is 17.8 Å². The molecule has 1 aliphatic heterocycles. The van der Waals surface area contributed by atoms with Crippen molar-refractivity contribution < 1.29 is 0 Å². The van der Waals surface area contributed by atoms with E-state index in [9.17, 15) is 0 Å². The number of aromatic nitrogens is 2. The Labute approximate surface area is 120 Å². The second kappa shape index (κ2) is 7.88. The molecule has 1 aromatic rings. The van der Waals surface area contributed by atoms with Crippen LogP contribution in [0, 0.1) is 0 Å². The van der Waals surface area contributed by atoms with Gasteiger partial charge in [-0.2, -0.15) is 0 Å². The maximum absolute atomic E-state index is 3.99. The van der Waals surface area contributed by atoms with Crippen molar-refractivity contribution in [2.24, 2.45) is 0 Å². The Balaban J connectivity index is 0.000000191. The van der Waals surface area contributed by atoms with Gasteiger partial charge in [-0.25, -0.2) is 4.98 Å². The minimum Gasteiger partial charge on any atom is -0.335 e. The van der Waals surface area contributed by atoms with Crippen molar-refractivity contribution in [3.8, 4) is 0 Å². The van der Waals surface area contributed by atoms with Gasteiger partial charge in [-0.3, -0.25) is 0 Å². The van der Waals surface area contributed by atoms with E-state index in [2.05, 4.69) is 43.4 Å². The van der Waals surface area contributed by atoms with Crippen molar-refractivity contribution in [1.29, 1.82) is 0 Å². The molecule has 3 heteroatoms. The number of hydrogen-bond donors (Lipinski definition) is 0. The summed E-state index contributed by atoms with van der Waals surface area (Å²) in [6.45, 7) is 11.9. The molecule has 0 saturated carbocycles. The molecule has 0 N–H and O–H groups in total. The summed E-state index contributed by atoms with van der Waals surface area (Å²) in [6, 6.07) is 2.18. The monoisotopic (exact) mass is 280 g/mol. The van der Waals surface area contributed by atoms with Crippen molar-refractivity contribution in [3.05, 3.63) is 18.7 Å². The van der Waals surface area contributed by atoms with Gasteiger partial charge in [-0.05, 0) is 18.9 Å². The number of hydrogen-bond acceptors (Lipinski definition) is 1. The van der Waals surface area contributed by atoms with E-state index >= 15 is 0 Å².